The van der Waals surface area contributed by atoms with Crippen LogP contribution < -0.4 is 4.90 Å². The van der Waals surface area contributed by atoms with E-state index in [2.05, 4.69) is 4.98 Å². The van der Waals surface area contributed by atoms with E-state index in [1.54, 1.807) is 36.9 Å². The van der Waals surface area contributed by atoms with Crippen molar-refractivity contribution in [2.75, 3.05) is 32.1 Å². The summed E-state index contributed by atoms with van der Waals surface area (Å²) < 4.78 is 1.78. The molecule has 1 aromatic heterocycles. The van der Waals surface area contributed by atoms with Crippen molar-refractivity contribution in [3.63, 3.8) is 0 Å². The van der Waals surface area contributed by atoms with E-state index < -0.39 is 0 Å². The number of imidazole rings is 1. The van der Waals surface area contributed by atoms with Gasteiger partial charge in [0.15, 0.2) is 11.5 Å². The molecule has 0 spiro atoms. The summed E-state index contributed by atoms with van der Waals surface area (Å²) in [6.07, 6.45) is 1.05. The minimum absolute atomic E-state index is 0.0312. The molecule has 3 aromatic rings. The number of benzene rings is 2. The Hall–Kier alpha value is -2.87. The number of rotatable bonds is 9. The average Bonchev–Trinajstić information content (AvgIpc) is 3.17. The molecule has 9 heteroatoms. The molecule has 0 unspecified atom stereocenters. The molecule has 3 rings (SSSR count). The van der Waals surface area contributed by atoms with Crippen LogP contribution in [0.15, 0.2) is 48.5 Å². The molecule has 0 fully saturated rings. The van der Waals surface area contributed by atoms with E-state index in [1.807, 2.05) is 30.3 Å². The maximum Gasteiger partial charge on any atom is 0.274 e. The number of hydrogen-bond donors (Lipinski definition) is 1. The lowest BCUT2D eigenvalue weighted by Crippen LogP contribution is -2.32. The van der Waals surface area contributed by atoms with Crippen LogP contribution in [0.3, 0.4) is 0 Å². The Kier molecular flexibility index (Phi) is 7.90. The second kappa shape index (κ2) is 10.6. The number of amides is 2. The molecule has 0 saturated carbocycles. The van der Waals surface area contributed by atoms with Gasteiger partial charge in [-0.3, -0.25) is 9.59 Å². The van der Waals surface area contributed by atoms with Crippen LogP contribution >= 0.6 is 23.2 Å². The molecule has 168 valence electrons. The Labute approximate surface area is 196 Å². The maximum atomic E-state index is 13.5. The second-order valence-corrected chi connectivity index (χ2v) is 8.14. The summed E-state index contributed by atoms with van der Waals surface area (Å²) in [6, 6.07) is 14.8. The number of carbonyl (C=O) groups is 2. The third-order valence-corrected chi connectivity index (χ3v) is 5.74. The van der Waals surface area contributed by atoms with Gasteiger partial charge in [-0.2, -0.15) is 0 Å². The first-order chi connectivity index (χ1) is 15.4. The fourth-order valence-corrected chi connectivity index (χ4v) is 3.61. The van der Waals surface area contributed by atoms with Crippen LogP contribution in [0.4, 0.5) is 5.82 Å². The van der Waals surface area contributed by atoms with Gasteiger partial charge in [0.1, 0.15) is 5.82 Å². The van der Waals surface area contributed by atoms with Gasteiger partial charge in [0.25, 0.3) is 5.91 Å². The molecule has 0 aliphatic rings. The zero-order chi connectivity index (χ0) is 23.3. The van der Waals surface area contributed by atoms with Crippen molar-refractivity contribution in [1.82, 2.24) is 14.5 Å². The number of hydrogen-bond acceptors (Lipinski definition) is 4. The normalized spacial score (nSPS) is 10.8. The van der Waals surface area contributed by atoms with E-state index in [-0.39, 0.29) is 24.0 Å². The van der Waals surface area contributed by atoms with Gasteiger partial charge in [-0.15, -0.1) is 0 Å². The van der Waals surface area contributed by atoms with Gasteiger partial charge in [0.05, 0.1) is 10.0 Å². The van der Waals surface area contributed by atoms with Crippen molar-refractivity contribution in [1.29, 1.82) is 0 Å². The quantitative estimate of drug-likeness (QED) is 0.476. The fourth-order valence-electron chi connectivity index (χ4n) is 3.31. The van der Waals surface area contributed by atoms with Crippen molar-refractivity contribution in [2.45, 2.75) is 13.0 Å². The standard InChI is InChI=1S/C23H24Cl2N4O3/c1-27(11-6-12-30)23(32)20-22(28(2)15-31)26-21(17-9-10-18(24)19(25)13-17)29(20)14-16-7-4-3-5-8-16/h3-5,7-10,13,15,30H,6,11-12,14H2,1-2H3. The Morgan fingerprint density at radius 3 is 2.47 bits per heavy atom. The van der Waals surface area contributed by atoms with E-state index in [0.29, 0.717) is 47.4 Å². The zero-order valence-electron chi connectivity index (χ0n) is 17.8. The van der Waals surface area contributed by atoms with Crippen LogP contribution in [0, 0.1) is 0 Å². The van der Waals surface area contributed by atoms with E-state index in [4.69, 9.17) is 28.3 Å². The van der Waals surface area contributed by atoms with Crippen LogP contribution in [-0.2, 0) is 11.3 Å². The van der Waals surface area contributed by atoms with E-state index >= 15 is 0 Å². The summed E-state index contributed by atoms with van der Waals surface area (Å²) in [4.78, 5) is 32.5. The molecular formula is C23H24Cl2N4O3. The Bertz CT molecular complexity index is 1100. The van der Waals surface area contributed by atoms with Crippen molar-refractivity contribution >= 4 is 41.3 Å². The highest BCUT2D eigenvalue weighted by molar-refractivity contribution is 6.42. The van der Waals surface area contributed by atoms with E-state index in [9.17, 15) is 9.59 Å². The number of carbonyl (C=O) groups excluding carboxylic acids is 2. The van der Waals surface area contributed by atoms with Gasteiger partial charge < -0.3 is 19.5 Å². The Morgan fingerprint density at radius 1 is 1.12 bits per heavy atom. The van der Waals surface area contributed by atoms with Crippen LogP contribution in [0.25, 0.3) is 11.4 Å². The lowest BCUT2D eigenvalue weighted by molar-refractivity contribution is -0.107. The predicted molar refractivity (Wildman–Crippen MR) is 126 cm³/mol. The zero-order valence-corrected chi connectivity index (χ0v) is 19.3. The lowest BCUT2D eigenvalue weighted by Gasteiger charge is -2.20. The highest BCUT2D eigenvalue weighted by atomic mass is 35.5. The second-order valence-electron chi connectivity index (χ2n) is 7.33. The molecule has 0 radical (unpaired) electrons. The molecule has 1 heterocycles. The first-order valence-electron chi connectivity index (χ1n) is 10.0. The van der Waals surface area contributed by atoms with Gasteiger partial charge in [0, 0.05) is 39.4 Å². The van der Waals surface area contributed by atoms with Crippen molar-refractivity contribution in [2.24, 2.45) is 0 Å². The predicted octanol–water partition coefficient (Wildman–Crippen LogP) is 3.95. The lowest BCUT2D eigenvalue weighted by atomic mass is 10.2. The molecule has 0 bridgehead atoms. The highest BCUT2D eigenvalue weighted by Crippen LogP contribution is 2.33. The number of nitrogens with zero attached hydrogens (tertiary/aromatic N) is 4. The van der Waals surface area contributed by atoms with Crippen LogP contribution in [0.2, 0.25) is 10.0 Å². The van der Waals surface area contributed by atoms with Gasteiger partial charge in [0.2, 0.25) is 6.41 Å². The minimum atomic E-state index is -0.308. The van der Waals surface area contributed by atoms with Gasteiger partial charge in [-0.05, 0) is 30.2 Å². The number of aliphatic hydroxyl groups excluding tert-OH is 1. The van der Waals surface area contributed by atoms with Gasteiger partial charge in [-0.1, -0.05) is 53.5 Å². The molecule has 1 N–H and O–H groups in total. The summed E-state index contributed by atoms with van der Waals surface area (Å²) in [5.41, 5.74) is 1.89. The van der Waals surface area contributed by atoms with Gasteiger partial charge >= 0.3 is 0 Å². The molecule has 0 aliphatic heterocycles. The molecule has 7 nitrogen and oxygen atoms in total. The summed E-state index contributed by atoms with van der Waals surface area (Å²) in [7, 11) is 3.20. The molecule has 2 aromatic carbocycles. The first-order valence-corrected chi connectivity index (χ1v) is 10.8. The van der Waals surface area contributed by atoms with E-state index in [0.717, 1.165) is 5.56 Å². The van der Waals surface area contributed by atoms with Crippen molar-refractivity contribution in [3.05, 3.63) is 69.8 Å². The summed E-state index contributed by atoms with van der Waals surface area (Å²) in [5, 5.41) is 9.93. The SMILES string of the molecule is CN(CCCO)C(=O)c1c(N(C)C=O)nc(-c2ccc(Cl)c(Cl)c2)n1Cc1ccccc1. The van der Waals surface area contributed by atoms with Crippen LogP contribution in [0.5, 0.6) is 0 Å². The summed E-state index contributed by atoms with van der Waals surface area (Å²) >= 11 is 12.3. The largest absolute Gasteiger partial charge is 0.396 e. The Balaban J connectivity index is 2.23. The topological polar surface area (TPSA) is 78.7 Å². The van der Waals surface area contributed by atoms with Crippen LogP contribution in [-0.4, -0.2) is 59.1 Å². The molecule has 2 amide bonds. The van der Waals surface area contributed by atoms with Crippen molar-refractivity contribution < 1.29 is 14.7 Å². The highest BCUT2D eigenvalue weighted by Gasteiger charge is 2.28. The van der Waals surface area contributed by atoms with Gasteiger partial charge in [-0.25, -0.2) is 4.98 Å². The minimum Gasteiger partial charge on any atom is -0.396 e. The maximum absolute atomic E-state index is 13.5. The number of aliphatic hydroxyl groups is 1. The smallest absolute Gasteiger partial charge is 0.274 e. The fraction of sp³-hybridized carbons (Fsp3) is 0.261. The molecule has 0 aliphatic carbocycles. The third-order valence-electron chi connectivity index (χ3n) is 5.00. The Morgan fingerprint density at radius 2 is 1.84 bits per heavy atom. The van der Waals surface area contributed by atoms with E-state index in [1.165, 1.54) is 9.80 Å². The average molecular weight is 475 g/mol. The number of anilines is 1. The monoisotopic (exact) mass is 474 g/mol. The molecule has 0 atom stereocenters. The molecular weight excluding hydrogens is 451 g/mol. The van der Waals surface area contributed by atoms with Crippen molar-refractivity contribution in [3.8, 4) is 11.4 Å². The summed E-state index contributed by atoms with van der Waals surface area (Å²) in [5.74, 6) is 0.407. The number of aromatic nitrogens is 2. The molecule has 32 heavy (non-hydrogen) atoms. The summed E-state index contributed by atoms with van der Waals surface area (Å²) in [6.45, 7) is 0.680. The third kappa shape index (κ3) is 5.12. The van der Waals surface area contributed by atoms with Crippen LogP contribution in [0.1, 0.15) is 22.5 Å². The first kappa shape index (κ1) is 23.8. The molecule has 0 saturated heterocycles. The number of halogens is 2.